The number of aromatic hydroxyl groups is 1. The van der Waals surface area contributed by atoms with Gasteiger partial charge in [0.05, 0.1) is 22.1 Å². The molecule has 1 N–H and O–H groups in total. The number of para-hydroxylation sites is 2. The van der Waals surface area contributed by atoms with Crippen LogP contribution >= 0.6 is 0 Å². The van der Waals surface area contributed by atoms with E-state index in [-0.39, 0.29) is 0 Å². The molecular formula is C55H46B9N5O. The van der Waals surface area contributed by atoms with Crippen molar-refractivity contribution in [1.82, 2.24) is 24.1 Å². The van der Waals surface area contributed by atoms with Crippen molar-refractivity contribution in [3.63, 3.8) is 0 Å². The summed E-state index contributed by atoms with van der Waals surface area (Å²) in [6.07, 6.45) is 6.63. The number of fused-ring (bicyclic) bond motifs is 8. The standard InChI is InChI=1S/C55H46B9N5O/c56-41-39(42(57)46(61)48(63)45(41)60)28-23-29(40-43(58)47(62)49(64)52(70)44(40)59)25-30(24-28)68-37-19-8-6-16-32(37)34-21-22-35-33-17-7-9-20-38(33)69(51(35)50(34)68)55-66-53(27-12-2-1-3-13-27)65-54(67-55)36-18-10-14-26-11-4-5-15-31(26)36/h1-3,6-25,70H,4-5,56-64H2. The smallest absolute Gasteiger partial charge is 0.238 e. The van der Waals surface area contributed by atoms with E-state index in [2.05, 4.69) is 193 Å². The number of hydrogen-bond donors (Lipinski definition) is 1. The molecule has 3 heterocycles. The van der Waals surface area contributed by atoms with Crippen molar-refractivity contribution in [1.29, 1.82) is 0 Å². The van der Waals surface area contributed by atoms with E-state index < -0.39 is 0 Å². The molecule has 11 aromatic rings. The van der Waals surface area contributed by atoms with Crippen LogP contribution < -0.4 is 59.6 Å². The highest BCUT2D eigenvalue weighted by molar-refractivity contribution is 6.69. The first-order valence-electron chi connectivity index (χ1n) is 24.5. The van der Waals surface area contributed by atoms with E-state index in [0.29, 0.717) is 23.3 Å². The molecule has 0 bridgehead atoms. The Morgan fingerprint density at radius 1 is 0.414 bits per heavy atom. The highest BCUT2D eigenvalue weighted by Crippen LogP contribution is 2.42. The van der Waals surface area contributed by atoms with Gasteiger partial charge in [-0.1, -0.05) is 137 Å². The zero-order chi connectivity index (χ0) is 48.3. The predicted molar refractivity (Wildman–Crippen MR) is 323 cm³/mol. The van der Waals surface area contributed by atoms with Gasteiger partial charge in [-0.3, -0.25) is 4.57 Å². The van der Waals surface area contributed by atoms with Gasteiger partial charge in [0.15, 0.2) is 11.6 Å². The Labute approximate surface area is 415 Å². The molecule has 0 spiro atoms. The van der Waals surface area contributed by atoms with Crippen LogP contribution in [0.2, 0.25) is 0 Å². The predicted octanol–water partition coefficient (Wildman–Crippen LogP) is -3.88. The fourth-order valence-electron chi connectivity index (χ4n) is 11.7. The Balaban J connectivity index is 1.25. The van der Waals surface area contributed by atoms with Gasteiger partial charge >= 0.3 is 0 Å². The Kier molecular flexibility index (Phi) is 10.4. The summed E-state index contributed by atoms with van der Waals surface area (Å²) in [7, 11) is 19.7. The lowest BCUT2D eigenvalue weighted by molar-refractivity contribution is 0.484. The first-order chi connectivity index (χ1) is 33.9. The molecular weight excluding hydrogens is 844 g/mol. The molecule has 0 saturated carbocycles. The van der Waals surface area contributed by atoms with Crippen LogP contribution in [0.15, 0.2) is 127 Å². The van der Waals surface area contributed by atoms with Gasteiger partial charge in [-0.05, 0) is 81.3 Å². The van der Waals surface area contributed by atoms with Gasteiger partial charge in [-0.15, -0.1) is 16.4 Å². The Morgan fingerprint density at radius 2 is 0.943 bits per heavy atom. The topological polar surface area (TPSA) is 68.8 Å². The second-order valence-electron chi connectivity index (χ2n) is 19.5. The maximum Gasteiger partial charge on any atom is 0.238 e. The van der Waals surface area contributed by atoms with Crippen LogP contribution in [0.4, 0.5) is 0 Å². The number of phenolic OH excluding ortho intramolecular Hbond substituents is 1. The highest BCUT2D eigenvalue weighted by atomic mass is 16.3. The van der Waals surface area contributed by atoms with Crippen molar-refractivity contribution in [3.8, 4) is 62.4 Å². The first kappa shape index (κ1) is 43.8. The summed E-state index contributed by atoms with van der Waals surface area (Å²) in [6.45, 7) is 0. The fourth-order valence-corrected chi connectivity index (χ4v) is 11.7. The summed E-state index contributed by atoms with van der Waals surface area (Å²) in [5, 5.41) is 18.6. The number of aromatic nitrogens is 5. The van der Waals surface area contributed by atoms with Crippen LogP contribution in [-0.4, -0.2) is 99.8 Å². The molecule has 1 aliphatic carbocycles. The summed E-state index contributed by atoms with van der Waals surface area (Å²) in [5.74, 6) is 2.16. The average molecular weight is 890 g/mol. The molecule has 0 fully saturated rings. The molecule has 0 radical (unpaired) electrons. The van der Waals surface area contributed by atoms with Crippen molar-refractivity contribution in [2.24, 2.45) is 0 Å². The highest BCUT2D eigenvalue weighted by Gasteiger charge is 2.26. The molecule has 0 aliphatic heterocycles. The summed E-state index contributed by atoms with van der Waals surface area (Å²) in [4.78, 5) is 16.2. The summed E-state index contributed by atoms with van der Waals surface area (Å²) >= 11 is 0. The fraction of sp³-hybridized carbons (Fsp3) is 0.0364. The molecule has 0 amide bonds. The van der Waals surface area contributed by atoms with Crippen molar-refractivity contribution in [2.75, 3.05) is 0 Å². The van der Waals surface area contributed by atoms with Crippen LogP contribution in [0.3, 0.4) is 0 Å². The first-order valence-corrected chi connectivity index (χ1v) is 24.5. The van der Waals surface area contributed by atoms with Gasteiger partial charge in [0.2, 0.25) is 5.95 Å². The quantitative estimate of drug-likeness (QED) is 0.174. The lowest BCUT2D eigenvalue weighted by Crippen LogP contribution is -2.55. The SMILES string of the molecule is Bc1c(B)c(B)c(-c2cc(-c3c(B)c(B)c(B)c(O)c3B)cc(-n3c4ccccc4c4ccc5c6ccccc6n(-c6nc(-c7ccccc7)nc(-c7cccc8c7=CCCC=8)n6)c5c43)c2)c(B)c1B. The van der Waals surface area contributed by atoms with Crippen molar-refractivity contribution < 1.29 is 5.11 Å². The third-order valence-electron chi connectivity index (χ3n) is 15.9. The lowest BCUT2D eigenvalue weighted by Gasteiger charge is -2.24. The van der Waals surface area contributed by atoms with E-state index in [1.807, 2.05) is 26.0 Å². The van der Waals surface area contributed by atoms with Gasteiger partial charge in [0, 0.05) is 38.4 Å². The summed E-state index contributed by atoms with van der Waals surface area (Å²) in [5.41, 5.74) is 22.2. The van der Waals surface area contributed by atoms with Crippen molar-refractivity contribution >= 4 is 176 Å². The van der Waals surface area contributed by atoms with Gasteiger partial charge in [-0.2, -0.15) is 9.97 Å². The molecule has 70 heavy (non-hydrogen) atoms. The maximum atomic E-state index is 11.7. The zero-order valence-corrected chi connectivity index (χ0v) is 41.4. The van der Waals surface area contributed by atoms with Crippen molar-refractivity contribution in [2.45, 2.75) is 12.8 Å². The summed E-state index contributed by atoms with van der Waals surface area (Å²) in [6, 6.07) is 45.8. The van der Waals surface area contributed by atoms with Gasteiger partial charge in [-0.25, -0.2) is 4.98 Å². The molecule has 8 aromatic carbocycles. The van der Waals surface area contributed by atoms with E-state index >= 15 is 0 Å². The van der Waals surface area contributed by atoms with Crippen LogP contribution in [0.25, 0.3) is 112 Å². The average Bonchev–Trinajstić information content (AvgIpc) is 3.92. The van der Waals surface area contributed by atoms with Gasteiger partial charge < -0.3 is 9.67 Å². The lowest BCUT2D eigenvalue weighted by atomic mass is 9.59. The van der Waals surface area contributed by atoms with Crippen LogP contribution in [0.1, 0.15) is 12.8 Å². The zero-order valence-electron chi connectivity index (χ0n) is 41.4. The van der Waals surface area contributed by atoms with Gasteiger partial charge in [0.1, 0.15) is 76.4 Å². The van der Waals surface area contributed by atoms with Crippen molar-refractivity contribution in [3.05, 3.63) is 138 Å². The number of rotatable bonds is 6. The van der Waals surface area contributed by atoms with Crippen LogP contribution in [0, 0.1) is 0 Å². The van der Waals surface area contributed by atoms with E-state index in [1.165, 1.54) is 43.6 Å². The Morgan fingerprint density at radius 3 is 1.60 bits per heavy atom. The third-order valence-corrected chi connectivity index (χ3v) is 15.9. The molecule has 12 rings (SSSR count). The minimum absolute atomic E-state index is 0.348. The number of phenols is 1. The molecule has 3 aromatic heterocycles. The molecule has 0 saturated heterocycles. The summed E-state index contributed by atoms with van der Waals surface area (Å²) < 4.78 is 4.75. The van der Waals surface area contributed by atoms with Crippen LogP contribution in [-0.2, 0) is 0 Å². The molecule has 6 nitrogen and oxygen atoms in total. The largest absolute Gasteiger partial charge is 0.509 e. The number of hydrogen-bond acceptors (Lipinski definition) is 4. The normalized spacial score (nSPS) is 12.4. The molecule has 15 heteroatoms. The number of benzene rings is 8. The second-order valence-corrected chi connectivity index (χ2v) is 19.5. The van der Waals surface area contributed by atoms with Gasteiger partial charge in [0.25, 0.3) is 0 Å². The number of nitrogens with zero attached hydrogens (tertiary/aromatic N) is 5. The monoisotopic (exact) mass is 891 g/mol. The minimum Gasteiger partial charge on any atom is -0.509 e. The van der Waals surface area contributed by atoms with E-state index in [0.717, 1.165) is 112 Å². The Bertz CT molecular complexity index is 4060. The maximum absolute atomic E-state index is 11.7. The van der Waals surface area contributed by atoms with E-state index in [1.54, 1.807) is 0 Å². The van der Waals surface area contributed by atoms with Crippen LogP contribution in [0.5, 0.6) is 5.75 Å². The minimum atomic E-state index is 0.348. The molecule has 0 atom stereocenters. The third kappa shape index (κ3) is 6.57. The Hall–Kier alpha value is -7.51. The molecule has 324 valence electrons. The molecule has 1 aliphatic rings. The van der Waals surface area contributed by atoms with E-state index in [9.17, 15) is 5.11 Å². The van der Waals surface area contributed by atoms with E-state index in [4.69, 9.17) is 15.0 Å². The molecule has 0 unspecified atom stereocenters. The second kappa shape index (κ2) is 16.6.